The summed E-state index contributed by atoms with van der Waals surface area (Å²) in [6, 6.07) is 0. The Morgan fingerprint density at radius 1 is 1.20 bits per heavy atom. The SMILES string of the molecule is [O-]B([O-])OCCOCCO. The van der Waals surface area contributed by atoms with Crippen LogP contribution in [0.2, 0.25) is 0 Å². The van der Waals surface area contributed by atoms with E-state index in [1.807, 2.05) is 0 Å². The molecule has 6 heteroatoms. The Hall–Kier alpha value is -0.135. The summed E-state index contributed by atoms with van der Waals surface area (Å²) in [5.41, 5.74) is 0. The molecule has 0 spiro atoms. The van der Waals surface area contributed by atoms with Gasteiger partial charge in [0, 0.05) is 6.61 Å². The maximum Gasteiger partial charge on any atom is 0.0698 e. The van der Waals surface area contributed by atoms with Gasteiger partial charge in [-0.15, -0.1) is 0 Å². The second-order valence-electron chi connectivity index (χ2n) is 1.50. The van der Waals surface area contributed by atoms with Gasteiger partial charge < -0.3 is 24.5 Å². The zero-order valence-electron chi connectivity index (χ0n) is 5.49. The van der Waals surface area contributed by atoms with E-state index >= 15 is 0 Å². The highest BCUT2D eigenvalue weighted by atomic mass is 16.6. The largest absolute Gasteiger partial charge is 0.871 e. The van der Waals surface area contributed by atoms with Crippen LogP contribution in [0.1, 0.15) is 0 Å². The van der Waals surface area contributed by atoms with Gasteiger partial charge in [-0.3, -0.25) is 0 Å². The predicted octanol–water partition coefficient (Wildman–Crippen LogP) is -3.28. The molecule has 60 valence electrons. The predicted molar refractivity (Wildman–Crippen MR) is 29.6 cm³/mol. The van der Waals surface area contributed by atoms with E-state index in [4.69, 9.17) is 5.11 Å². The molecular formula is C4H9BO5-2. The first-order valence-corrected chi connectivity index (χ1v) is 2.89. The van der Waals surface area contributed by atoms with Gasteiger partial charge >= 0.3 is 0 Å². The zero-order chi connectivity index (χ0) is 7.82. The molecule has 0 aromatic rings. The summed E-state index contributed by atoms with van der Waals surface area (Å²) in [7, 11) is -2.24. The summed E-state index contributed by atoms with van der Waals surface area (Å²) < 4.78 is 8.75. The molecule has 0 bridgehead atoms. The monoisotopic (exact) mass is 148 g/mol. The van der Waals surface area contributed by atoms with Gasteiger partial charge in [-0.05, 0) is 0 Å². The fourth-order valence-corrected chi connectivity index (χ4v) is 0.370. The minimum atomic E-state index is -2.24. The van der Waals surface area contributed by atoms with Gasteiger partial charge in [0.25, 0.3) is 0 Å². The standard InChI is InChI=1S/C4H9BO5/c6-1-2-9-3-4-10-5(7)8/h6H,1-4H2/q-2. The lowest BCUT2D eigenvalue weighted by Crippen LogP contribution is -2.48. The molecule has 0 unspecified atom stereocenters. The Kier molecular flexibility index (Phi) is 6.88. The average Bonchev–Trinajstić information content (AvgIpc) is 1.87. The molecule has 0 heterocycles. The van der Waals surface area contributed by atoms with Gasteiger partial charge in [0.15, 0.2) is 0 Å². The van der Waals surface area contributed by atoms with E-state index in [9.17, 15) is 10.0 Å². The van der Waals surface area contributed by atoms with Crippen molar-refractivity contribution in [3.8, 4) is 0 Å². The Bertz CT molecular complexity index is 68.7. The Morgan fingerprint density at radius 3 is 2.40 bits per heavy atom. The lowest BCUT2D eigenvalue weighted by Gasteiger charge is -2.25. The highest BCUT2D eigenvalue weighted by molar-refractivity contribution is 6.28. The molecule has 0 aliphatic heterocycles. The van der Waals surface area contributed by atoms with Crippen LogP contribution in [-0.2, 0) is 9.39 Å². The van der Waals surface area contributed by atoms with Gasteiger partial charge in [0.05, 0.1) is 27.1 Å². The van der Waals surface area contributed by atoms with Crippen molar-refractivity contribution in [1.82, 2.24) is 0 Å². The van der Waals surface area contributed by atoms with Crippen molar-refractivity contribution in [2.45, 2.75) is 0 Å². The Morgan fingerprint density at radius 2 is 1.90 bits per heavy atom. The Labute approximate surface area is 59.4 Å². The molecule has 0 aliphatic carbocycles. The van der Waals surface area contributed by atoms with Crippen molar-refractivity contribution in [3.63, 3.8) is 0 Å². The van der Waals surface area contributed by atoms with E-state index < -0.39 is 7.32 Å². The molecule has 0 rings (SSSR count). The van der Waals surface area contributed by atoms with Crippen LogP contribution in [0.25, 0.3) is 0 Å². The normalized spacial score (nSPS) is 9.90. The molecule has 10 heavy (non-hydrogen) atoms. The van der Waals surface area contributed by atoms with E-state index in [0.29, 0.717) is 0 Å². The molecule has 0 aromatic heterocycles. The quantitative estimate of drug-likeness (QED) is 0.315. The number of rotatable bonds is 6. The van der Waals surface area contributed by atoms with E-state index in [1.54, 1.807) is 0 Å². The Balaban J connectivity index is 2.77. The maximum atomic E-state index is 9.68. The molecule has 0 saturated carbocycles. The fraction of sp³-hybridized carbons (Fsp3) is 1.00. The van der Waals surface area contributed by atoms with Crippen LogP contribution in [0.4, 0.5) is 0 Å². The van der Waals surface area contributed by atoms with E-state index in [2.05, 4.69) is 9.39 Å². The third-order valence-corrected chi connectivity index (χ3v) is 0.717. The maximum absolute atomic E-state index is 9.68. The molecule has 0 atom stereocenters. The van der Waals surface area contributed by atoms with Crippen molar-refractivity contribution < 1.29 is 24.5 Å². The third kappa shape index (κ3) is 7.86. The minimum absolute atomic E-state index is 0.0162. The average molecular weight is 148 g/mol. The summed E-state index contributed by atoms with van der Waals surface area (Å²) in [5.74, 6) is 0. The molecule has 0 fully saturated rings. The van der Waals surface area contributed by atoms with Crippen molar-refractivity contribution >= 4 is 7.32 Å². The lowest BCUT2D eigenvalue weighted by molar-refractivity contribution is -0.382. The molecule has 5 nitrogen and oxygen atoms in total. The summed E-state index contributed by atoms with van der Waals surface area (Å²) >= 11 is 0. The van der Waals surface area contributed by atoms with Crippen molar-refractivity contribution in [2.24, 2.45) is 0 Å². The first kappa shape index (κ1) is 9.86. The number of hydrogen-bond donors (Lipinski definition) is 1. The van der Waals surface area contributed by atoms with Crippen LogP contribution >= 0.6 is 0 Å². The van der Waals surface area contributed by atoms with Crippen LogP contribution in [0.15, 0.2) is 0 Å². The topological polar surface area (TPSA) is 84.8 Å². The third-order valence-electron chi connectivity index (χ3n) is 0.717. The second-order valence-corrected chi connectivity index (χ2v) is 1.50. The highest BCUT2D eigenvalue weighted by Crippen LogP contribution is 1.75. The fourth-order valence-electron chi connectivity index (χ4n) is 0.370. The smallest absolute Gasteiger partial charge is 0.0698 e. The van der Waals surface area contributed by atoms with E-state index in [0.717, 1.165) is 0 Å². The molecule has 1 N–H and O–H groups in total. The van der Waals surface area contributed by atoms with Gasteiger partial charge in [0.1, 0.15) is 0 Å². The van der Waals surface area contributed by atoms with Crippen molar-refractivity contribution in [1.29, 1.82) is 0 Å². The van der Waals surface area contributed by atoms with Crippen LogP contribution in [0.5, 0.6) is 0 Å². The highest BCUT2D eigenvalue weighted by Gasteiger charge is 1.84. The second kappa shape index (κ2) is 6.98. The summed E-state index contributed by atoms with van der Waals surface area (Å²) in [6.45, 7) is 0.281. The van der Waals surface area contributed by atoms with Gasteiger partial charge in [0.2, 0.25) is 0 Å². The lowest BCUT2D eigenvalue weighted by atomic mass is 10.3. The van der Waals surface area contributed by atoms with Gasteiger partial charge in [-0.1, -0.05) is 0 Å². The summed E-state index contributed by atoms with van der Waals surface area (Å²) in [4.78, 5) is 0. The van der Waals surface area contributed by atoms with Crippen molar-refractivity contribution in [2.75, 3.05) is 26.4 Å². The van der Waals surface area contributed by atoms with Crippen LogP contribution in [0, 0.1) is 0 Å². The first-order chi connectivity index (χ1) is 4.77. The first-order valence-electron chi connectivity index (χ1n) is 2.89. The number of aliphatic hydroxyl groups is 1. The number of hydrogen-bond acceptors (Lipinski definition) is 5. The molecule has 0 saturated heterocycles. The number of aliphatic hydroxyl groups excluding tert-OH is 1. The van der Waals surface area contributed by atoms with Gasteiger partial charge in [-0.2, -0.15) is 0 Å². The minimum Gasteiger partial charge on any atom is -0.871 e. The summed E-state index contributed by atoms with van der Waals surface area (Å²) in [6.07, 6.45) is 0. The van der Waals surface area contributed by atoms with Crippen LogP contribution in [-0.4, -0.2) is 38.9 Å². The number of ether oxygens (including phenoxy) is 1. The zero-order valence-corrected chi connectivity index (χ0v) is 5.49. The van der Waals surface area contributed by atoms with Crippen LogP contribution in [0.3, 0.4) is 0 Å². The van der Waals surface area contributed by atoms with E-state index in [-0.39, 0.29) is 26.4 Å². The molecule has 0 aliphatic rings. The van der Waals surface area contributed by atoms with Crippen LogP contribution < -0.4 is 10.0 Å². The molecule has 0 aromatic carbocycles. The molecule has 0 radical (unpaired) electrons. The summed E-state index contributed by atoms with van der Waals surface area (Å²) in [5, 5.41) is 27.5. The molecule has 0 amide bonds. The van der Waals surface area contributed by atoms with Gasteiger partial charge in [-0.25, -0.2) is 0 Å². The van der Waals surface area contributed by atoms with E-state index in [1.165, 1.54) is 0 Å². The van der Waals surface area contributed by atoms with Crippen molar-refractivity contribution in [3.05, 3.63) is 0 Å². The molecular weight excluding hydrogens is 139 g/mol.